The lowest BCUT2D eigenvalue weighted by Crippen LogP contribution is -2.21. The van der Waals surface area contributed by atoms with Gasteiger partial charge in [0.25, 0.3) is 0 Å². The predicted molar refractivity (Wildman–Crippen MR) is 139 cm³/mol. The maximum atomic E-state index is 5.01. The molecule has 0 spiro atoms. The Bertz CT molecular complexity index is 1720. The summed E-state index contributed by atoms with van der Waals surface area (Å²) in [5.74, 6) is 0.929. The van der Waals surface area contributed by atoms with Crippen molar-refractivity contribution in [1.29, 1.82) is 0 Å². The van der Waals surface area contributed by atoms with Crippen LogP contribution in [0.3, 0.4) is 0 Å². The van der Waals surface area contributed by atoms with E-state index in [2.05, 4.69) is 129 Å². The number of para-hydroxylation sites is 4. The molecule has 0 atom stereocenters. The Labute approximate surface area is 197 Å². The van der Waals surface area contributed by atoms with Gasteiger partial charge in [0, 0.05) is 30.8 Å². The number of imidazole rings is 2. The van der Waals surface area contributed by atoms with Crippen molar-refractivity contribution in [2.24, 2.45) is 0 Å². The molecule has 0 radical (unpaired) electrons. The van der Waals surface area contributed by atoms with Gasteiger partial charge in [0.15, 0.2) is 0 Å². The van der Waals surface area contributed by atoms with Gasteiger partial charge in [0.2, 0.25) is 5.78 Å². The van der Waals surface area contributed by atoms with Crippen molar-refractivity contribution in [3.63, 3.8) is 0 Å². The van der Waals surface area contributed by atoms with Gasteiger partial charge in [-0.05, 0) is 59.7 Å². The molecule has 4 aromatic carbocycles. The lowest BCUT2D eigenvalue weighted by molar-refractivity contribution is 0.496. The molecule has 5 nitrogen and oxygen atoms in total. The fourth-order valence-corrected chi connectivity index (χ4v) is 4.99. The van der Waals surface area contributed by atoms with Gasteiger partial charge >= 0.3 is 0 Å². The van der Waals surface area contributed by atoms with Crippen LogP contribution in [0.2, 0.25) is 0 Å². The Morgan fingerprint density at radius 3 is 2.09 bits per heavy atom. The predicted octanol–water partition coefficient (Wildman–Crippen LogP) is 6.28. The molecule has 0 aliphatic carbocycles. The Hall–Kier alpha value is -4.51. The Morgan fingerprint density at radius 2 is 1.32 bits per heavy atom. The molecular formula is C29H23N5. The van der Waals surface area contributed by atoms with E-state index < -0.39 is 0 Å². The molecule has 7 rings (SSSR count). The smallest absolute Gasteiger partial charge is 0.220 e. The molecule has 0 saturated heterocycles. The minimum absolute atomic E-state index is 0.865. The van der Waals surface area contributed by atoms with E-state index in [1.165, 1.54) is 16.8 Å². The first-order chi connectivity index (χ1) is 16.8. The molecule has 0 unspecified atom stereocenters. The molecule has 1 aliphatic rings. The van der Waals surface area contributed by atoms with E-state index in [-0.39, 0.29) is 0 Å². The van der Waals surface area contributed by atoms with Crippen molar-refractivity contribution >= 4 is 33.5 Å². The van der Waals surface area contributed by atoms with Crippen LogP contribution >= 0.6 is 0 Å². The van der Waals surface area contributed by atoms with Gasteiger partial charge in [-0.15, -0.1) is 0 Å². The van der Waals surface area contributed by atoms with Gasteiger partial charge in [-0.3, -0.25) is 8.97 Å². The highest BCUT2D eigenvalue weighted by Crippen LogP contribution is 2.32. The normalized spacial score (nSPS) is 13.7. The molecule has 5 heteroatoms. The zero-order valence-electron chi connectivity index (χ0n) is 18.8. The van der Waals surface area contributed by atoms with E-state index in [4.69, 9.17) is 4.98 Å². The van der Waals surface area contributed by atoms with Crippen LogP contribution in [0.4, 0.5) is 5.69 Å². The van der Waals surface area contributed by atoms with Gasteiger partial charge in [-0.1, -0.05) is 48.5 Å². The van der Waals surface area contributed by atoms with E-state index in [1.54, 1.807) is 0 Å². The second-order valence-corrected chi connectivity index (χ2v) is 8.83. The monoisotopic (exact) mass is 441 g/mol. The fraction of sp³-hybridized carbons (Fsp3) is 0.0690. The summed E-state index contributed by atoms with van der Waals surface area (Å²) in [6, 6.07) is 34.3. The zero-order valence-corrected chi connectivity index (χ0v) is 18.8. The van der Waals surface area contributed by atoms with E-state index in [1.807, 2.05) is 6.07 Å². The summed E-state index contributed by atoms with van der Waals surface area (Å²) in [5.41, 5.74) is 9.10. The van der Waals surface area contributed by atoms with E-state index in [0.29, 0.717) is 0 Å². The number of fused-ring (bicyclic) bond motifs is 5. The molecule has 34 heavy (non-hydrogen) atoms. The Kier molecular flexibility index (Phi) is 4.05. The summed E-state index contributed by atoms with van der Waals surface area (Å²) in [7, 11) is 2.09. The minimum Gasteiger partial charge on any atom is -0.361 e. The molecule has 0 amide bonds. The molecule has 0 bridgehead atoms. The standard InChI is InChI=1S/C29H23N5/c1-31-16-17-32(20-31)23-10-6-8-21(18-23)22-9-7-11-24(19-22)33-27-14-4-5-15-28(27)34-26-13-3-2-12-25(26)30-29(33)34/h2-19H,20H2,1H3. The average Bonchev–Trinajstić information content (AvgIpc) is 3.56. The highest BCUT2D eigenvalue weighted by molar-refractivity contribution is 5.92. The lowest BCUT2D eigenvalue weighted by atomic mass is 10.0. The van der Waals surface area contributed by atoms with Crippen molar-refractivity contribution < 1.29 is 0 Å². The van der Waals surface area contributed by atoms with Crippen molar-refractivity contribution in [1.82, 2.24) is 18.9 Å². The Morgan fingerprint density at radius 1 is 0.647 bits per heavy atom. The first-order valence-corrected chi connectivity index (χ1v) is 11.5. The largest absolute Gasteiger partial charge is 0.361 e. The van der Waals surface area contributed by atoms with Gasteiger partial charge in [0.05, 0.1) is 28.7 Å². The highest BCUT2D eigenvalue weighted by Gasteiger charge is 2.17. The lowest BCUT2D eigenvalue weighted by Gasteiger charge is -2.19. The van der Waals surface area contributed by atoms with Crippen molar-refractivity contribution in [2.75, 3.05) is 18.6 Å². The average molecular weight is 442 g/mol. The van der Waals surface area contributed by atoms with Crippen LogP contribution in [-0.2, 0) is 0 Å². The van der Waals surface area contributed by atoms with Gasteiger partial charge in [-0.25, -0.2) is 4.98 Å². The quantitative estimate of drug-likeness (QED) is 0.324. The second kappa shape index (κ2) is 7.25. The maximum Gasteiger partial charge on any atom is 0.220 e. The summed E-state index contributed by atoms with van der Waals surface area (Å²) >= 11 is 0. The van der Waals surface area contributed by atoms with Crippen LogP contribution < -0.4 is 4.90 Å². The molecule has 0 saturated carbocycles. The number of hydrogen-bond acceptors (Lipinski definition) is 3. The third-order valence-electron chi connectivity index (χ3n) is 6.60. The van der Waals surface area contributed by atoms with Gasteiger partial charge < -0.3 is 9.80 Å². The molecule has 3 heterocycles. The topological polar surface area (TPSA) is 28.7 Å². The zero-order chi connectivity index (χ0) is 22.6. The number of aromatic nitrogens is 3. The van der Waals surface area contributed by atoms with Crippen molar-refractivity contribution in [3.8, 4) is 16.8 Å². The number of rotatable bonds is 3. The van der Waals surface area contributed by atoms with Gasteiger partial charge in [0.1, 0.15) is 0 Å². The number of anilines is 1. The summed E-state index contributed by atoms with van der Waals surface area (Å²) in [6.07, 6.45) is 4.23. The summed E-state index contributed by atoms with van der Waals surface area (Å²) in [5, 5.41) is 0. The third kappa shape index (κ3) is 2.83. The molecule has 6 aromatic rings. The summed E-state index contributed by atoms with van der Waals surface area (Å²) < 4.78 is 4.52. The first-order valence-electron chi connectivity index (χ1n) is 11.5. The van der Waals surface area contributed by atoms with E-state index in [9.17, 15) is 0 Å². The Balaban J connectivity index is 1.41. The SMILES string of the molecule is CN1C=CN(c2cccc(-c3cccc(-n4c5ccccc5n5c6ccccc6nc45)c3)c2)C1. The molecule has 164 valence electrons. The third-order valence-corrected chi connectivity index (χ3v) is 6.60. The van der Waals surface area contributed by atoms with Crippen LogP contribution in [0.1, 0.15) is 0 Å². The number of hydrogen-bond donors (Lipinski definition) is 0. The number of nitrogens with zero attached hydrogens (tertiary/aromatic N) is 5. The van der Waals surface area contributed by atoms with Crippen LogP contribution in [0.5, 0.6) is 0 Å². The molecule has 0 fully saturated rings. The fourth-order valence-electron chi connectivity index (χ4n) is 4.99. The van der Waals surface area contributed by atoms with E-state index in [0.717, 1.165) is 40.2 Å². The van der Waals surface area contributed by atoms with Crippen LogP contribution in [0.25, 0.3) is 44.7 Å². The van der Waals surface area contributed by atoms with Gasteiger partial charge in [-0.2, -0.15) is 0 Å². The van der Waals surface area contributed by atoms with Crippen molar-refractivity contribution in [3.05, 3.63) is 109 Å². The molecule has 1 aliphatic heterocycles. The maximum absolute atomic E-state index is 5.01. The van der Waals surface area contributed by atoms with Crippen LogP contribution in [0, 0.1) is 0 Å². The molecule has 2 aromatic heterocycles. The number of benzene rings is 4. The first kappa shape index (κ1) is 19.0. The molecular weight excluding hydrogens is 418 g/mol. The highest BCUT2D eigenvalue weighted by atomic mass is 15.3. The summed E-state index contributed by atoms with van der Waals surface area (Å²) in [6.45, 7) is 0.865. The van der Waals surface area contributed by atoms with Crippen LogP contribution in [-0.4, -0.2) is 32.6 Å². The van der Waals surface area contributed by atoms with Crippen LogP contribution in [0.15, 0.2) is 109 Å². The summed E-state index contributed by atoms with van der Waals surface area (Å²) in [4.78, 5) is 9.44. The second-order valence-electron chi connectivity index (χ2n) is 8.83. The molecule has 0 N–H and O–H groups in total. The minimum atomic E-state index is 0.865. The van der Waals surface area contributed by atoms with E-state index >= 15 is 0 Å². The van der Waals surface area contributed by atoms with Crippen molar-refractivity contribution in [2.45, 2.75) is 0 Å².